The molecule has 2 aromatic carbocycles. The van der Waals surface area contributed by atoms with Crippen molar-refractivity contribution >= 4 is 40.8 Å². The monoisotopic (exact) mass is 442 g/mol. The lowest BCUT2D eigenvalue weighted by Crippen LogP contribution is -2.24. The number of halogens is 2. The molecule has 0 unspecified atom stereocenters. The van der Waals surface area contributed by atoms with Gasteiger partial charge in [0.15, 0.2) is 0 Å². The van der Waals surface area contributed by atoms with E-state index in [9.17, 15) is 9.59 Å². The van der Waals surface area contributed by atoms with E-state index < -0.39 is 0 Å². The number of carbonyl (C=O) groups excluding carboxylic acids is 2. The maximum absolute atomic E-state index is 12.8. The fraction of sp³-hybridized carbons (Fsp3) is 0.227. The van der Waals surface area contributed by atoms with E-state index in [2.05, 4.69) is 10.4 Å². The molecule has 1 N–H and O–H groups in total. The minimum atomic E-state index is -0.247. The van der Waals surface area contributed by atoms with Crippen LogP contribution in [0.5, 0.6) is 0 Å². The number of likely N-dealkylation sites (tertiary alicyclic amines) is 1. The fourth-order valence-electron chi connectivity index (χ4n) is 3.49. The number of anilines is 1. The molecule has 0 saturated carbocycles. The van der Waals surface area contributed by atoms with Crippen LogP contribution in [-0.2, 0) is 17.9 Å². The lowest BCUT2D eigenvalue weighted by atomic mass is 10.1. The Labute approximate surface area is 184 Å². The van der Waals surface area contributed by atoms with Gasteiger partial charge in [-0.15, -0.1) is 0 Å². The standard InChI is InChI=1S/C22H20Cl2N4O2/c23-18-7-2-6-17(21(18)24)14-28-19(9-10-25-28)26-22(30)16-5-1-4-15(12-16)13-27-11-3-8-20(27)29/h1-2,4-7,9-10,12H,3,8,11,13-14H2,(H,26,30). The van der Waals surface area contributed by atoms with E-state index in [4.69, 9.17) is 23.2 Å². The van der Waals surface area contributed by atoms with Gasteiger partial charge in [-0.05, 0) is 35.7 Å². The van der Waals surface area contributed by atoms with Gasteiger partial charge >= 0.3 is 0 Å². The second-order valence-electron chi connectivity index (χ2n) is 7.16. The third-order valence-corrected chi connectivity index (χ3v) is 5.90. The van der Waals surface area contributed by atoms with Gasteiger partial charge in [0, 0.05) is 31.1 Å². The molecule has 1 aliphatic rings. The summed E-state index contributed by atoms with van der Waals surface area (Å²) in [6.45, 7) is 1.66. The molecule has 0 spiro atoms. The summed E-state index contributed by atoms with van der Waals surface area (Å²) in [7, 11) is 0. The molecule has 1 saturated heterocycles. The topological polar surface area (TPSA) is 67.2 Å². The average molecular weight is 443 g/mol. The number of nitrogens with one attached hydrogen (secondary N) is 1. The van der Waals surface area contributed by atoms with Gasteiger partial charge in [0.2, 0.25) is 5.91 Å². The van der Waals surface area contributed by atoms with Crippen molar-refractivity contribution in [1.82, 2.24) is 14.7 Å². The molecule has 2 heterocycles. The summed E-state index contributed by atoms with van der Waals surface area (Å²) >= 11 is 12.4. The summed E-state index contributed by atoms with van der Waals surface area (Å²) < 4.78 is 1.65. The van der Waals surface area contributed by atoms with Crippen molar-refractivity contribution in [3.63, 3.8) is 0 Å². The highest BCUT2D eigenvalue weighted by Gasteiger charge is 2.20. The summed E-state index contributed by atoms with van der Waals surface area (Å²) in [5, 5.41) is 8.12. The number of aromatic nitrogens is 2. The van der Waals surface area contributed by atoms with Crippen molar-refractivity contribution in [2.75, 3.05) is 11.9 Å². The molecule has 0 bridgehead atoms. The third-order valence-electron chi connectivity index (χ3n) is 5.04. The van der Waals surface area contributed by atoms with E-state index in [1.54, 1.807) is 29.1 Å². The lowest BCUT2D eigenvalue weighted by molar-refractivity contribution is -0.128. The van der Waals surface area contributed by atoms with Crippen LogP contribution in [0, 0.1) is 0 Å². The third kappa shape index (κ3) is 4.50. The zero-order valence-electron chi connectivity index (χ0n) is 16.1. The van der Waals surface area contributed by atoms with E-state index in [1.165, 1.54) is 0 Å². The van der Waals surface area contributed by atoms with Gasteiger partial charge in [0.05, 0.1) is 22.8 Å². The molecule has 1 aliphatic heterocycles. The maximum atomic E-state index is 12.8. The van der Waals surface area contributed by atoms with E-state index in [0.717, 1.165) is 24.1 Å². The molecule has 4 rings (SSSR count). The Morgan fingerprint density at radius 2 is 1.93 bits per heavy atom. The molecule has 1 fully saturated rings. The first kappa shape index (κ1) is 20.4. The molecule has 6 nitrogen and oxygen atoms in total. The summed E-state index contributed by atoms with van der Waals surface area (Å²) in [5.74, 6) is 0.466. The Morgan fingerprint density at radius 1 is 1.10 bits per heavy atom. The molecular formula is C22H20Cl2N4O2. The highest BCUT2D eigenvalue weighted by Crippen LogP contribution is 2.26. The summed E-state index contributed by atoms with van der Waals surface area (Å²) in [6.07, 6.45) is 3.10. The smallest absolute Gasteiger partial charge is 0.256 e. The van der Waals surface area contributed by atoms with Gasteiger partial charge in [-0.3, -0.25) is 9.59 Å². The number of nitrogens with zero attached hydrogens (tertiary/aromatic N) is 3. The summed E-state index contributed by atoms with van der Waals surface area (Å²) in [4.78, 5) is 26.5. The first-order valence-electron chi connectivity index (χ1n) is 9.64. The molecule has 2 amide bonds. The summed E-state index contributed by atoms with van der Waals surface area (Å²) in [5.41, 5.74) is 2.26. The predicted octanol–water partition coefficient (Wildman–Crippen LogP) is 4.61. The maximum Gasteiger partial charge on any atom is 0.256 e. The van der Waals surface area contributed by atoms with Gasteiger partial charge in [-0.1, -0.05) is 47.5 Å². The van der Waals surface area contributed by atoms with Crippen LogP contribution in [0.4, 0.5) is 5.82 Å². The van der Waals surface area contributed by atoms with E-state index in [1.807, 2.05) is 35.2 Å². The van der Waals surface area contributed by atoms with Gasteiger partial charge in [-0.2, -0.15) is 5.10 Å². The largest absolute Gasteiger partial charge is 0.338 e. The van der Waals surface area contributed by atoms with E-state index >= 15 is 0 Å². The van der Waals surface area contributed by atoms with Crippen LogP contribution in [0.3, 0.4) is 0 Å². The highest BCUT2D eigenvalue weighted by atomic mass is 35.5. The Kier molecular flexibility index (Phi) is 6.06. The number of amides is 2. The molecule has 154 valence electrons. The predicted molar refractivity (Wildman–Crippen MR) is 117 cm³/mol. The van der Waals surface area contributed by atoms with Crippen LogP contribution in [0.15, 0.2) is 54.7 Å². The molecule has 8 heteroatoms. The number of hydrogen-bond donors (Lipinski definition) is 1. The Morgan fingerprint density at radius 3 is 2.73 bits per heavy atom. The van der Waals surface area contributed by atoms with Gasteiger partial charge in [0.1, 0.15) is 5.82 Å². The lowest BCUT2D eigenvalue weighted by Gasteiger charge is -2.16. The van der Waals surface area contributed by atoms with Gasteiger partial charge < -0.3 is 10.2 Å². The second-order valence-corrected chi connectivity index (χ2v) is 7.95. The minimum absolute atomic E-state index is 0.161. The molecule has 0 radical (unpaired) electrons. The van der Waals surface area contributed by atoms with Crippen LogP contribution < -0.4 is 5.32 Å². The van der Waals surface area contributed by atoms with Crippen molar-refractivity contribution in [1.29, 1.82) is 0 Å². The van der Waals surface area contributed by atoms with Gasteiger partial charge in [-0.25, -0.2) is 4.68 Å². The Bertz CT molecular complexity index is 1100. The molecule has 1 aromatic heterocycles. The fourth-order valence-corrected chi connectivity index (χ4v) is 3.87. The minimum Gasteiger partial charge on any atom is -0.338 e. The normalized spacial score (nSPS) is 13.7. The highest BCUT2D eigenvalue weighted by molar-refractivity contribution is 6.42. The quantitative estimate of drug-likeness (QED) is 0.605. The van der Waals surface area contributed by atoms with Crippen molar-refractivity contribution in [3.8, 4) is 0 Å². The van der Waals surface area contributed by atoms with Crippen molar-refractivity contribution < 1.29 is 9.59 Å². The van der Waals surface area contributed by atoms with Crippen LogP contribution >= 0.6 is 23.2 Å². The van der Waals surface area contributed by atoms with E-state index in [-0.39, 0.29) is 11.8 Å². The van der Waals surface area contributed by atoms with Crippen molar-refractivity contribution in [2.45, 2.75) is 25.9 Å². The van der Waals surface area contributed by atoms with Crippen LogP contribution in [-0.4, -0.2) is 33.0 Å². The average Bonchev–Trinajstić information content (AvgIpc) is 3.34. The number of benzene rings is 2. The molecule has 0 atom stereocenters. The number of carbonyl (C=O) groups is 2. The van der Waals surface area contributed by atoms with Crippen LogP contribution in [0.25, 0.3) is 0 Å². The number of hydrogen-bond acceptors (Lipinski definition) is 3. The SMILES string of the molecule is O=C(Nc1ccnn1Cc1cccc(Cl)c1Cl)c1cccc(CN2CCCC2=O)c1. The Balaban J connectivity index is 1.47. The number of rotatable bonds is 6. The van der Waals surface area contributed by atoms with Crippen molar-refractivity contribution in [2.24, 2.45) is 0 Å². The van der Waals surface area contributed by atoms with Crippen LogP contribution in [0.1, 0.15) is 34.3 Å². The zero-order chi connectivity index (χ0) is 21.1. The summed E-state index contributed by atoms with van der Waals surface area (Å²) in [6, 6.07) is 14.5. The molecule has 30 heavy (non-hydrogen) atoms. The first-order valence-corrected chi connectivity index (χ1v) is 10.4. The first-order chi connectivity index (χ1) is 14.5. The Hall–Kier alpha value is -2.83. The molecule has 0 aliphatic carbocycles. The van der Waals surface area contributed by atoms with Crippen LogP contribution in [0.2, 0.25) is 10.0 Å². The molecule has 3 aromatic rings. The molecular weight excluding hydrogens is 423 g/mol. The van der Waals surface area contributed by atoms with Crippen molar-refractivity contribution in [3.05, 3.63) is 81.5 Å². The van der Waals surface area contributed by atoms with Gasteiger partial charge in [0.25, 0.3) is 5.91 Å². The van der Waals surface area contributed by atoms with E-state index in [0.29, 0.717) is 40.9 Å². The second kappa shape index (κ2) is 8.90. The zero-order valence-corrected chi connectivity index (χ0v) is 17.7.